The van der Waals surface area contributed by atoms with E-state index in [1.165, 1.54) is 19.1 Å². The number of carbonyl (C=O) groups is 1. The molecule has 0 amide bonds. The molecule has 4 nitrogen and oxygen atoms in total. The number of nitrogens with zero attached hydrogens (tertiary/aromatic N) is 1. The van der Waals surface area contributed by atoms with Gasteiger partial charge in [-0.05, 0) is 30.5 Å². The number of aromatic carboxylic acids is 1. The smallest absolute Gasteiger partial charge is 0.352 e. The molecule has 0 spiro atoms. The second-order valence-electron chi connectivity index (χ2n) is 6.42. The van der Waals surface area contributed by atoms with Crippen molar-refractivity contribution in [2.75, 3.05) is 0 Å². The van der Waals surface area contributed by atoms with Gasteiger partial charge in [0.25, 0.3) is 0 Å². The van der Waals surface area contributed by atoms with Gasteiger partial charge in [-0.2, -0.15) is 0 Å². The molecule has 0 aliphatic carbocycles. The normalized spacial score (nSPS) is 11.9. The predicted molar refractivity (Wildman–Crippen MR) is 79.3 cm³/mol. The van der Waals surface area contributed by atoms with Crippen LogP contribution in [0, 0.1) is 18.2 Å². The fourth-order valence-electron chi connectivity index (χ4n) is 2.47. The molecule has 0 atom stereocenters. The van der Waals surface area contributed by atoms with Gasteiger partial charge in [-0.15, -0.1) is 0 Å². The van der Waals surface area contributed by atoms with E-state index in [0.29, 0.717) is 12.1 Å². The number of pyridine rings is 1. The first-order valence-electron chi connectivity index (χ1n) is 6.68. The highest BCUT2D eigenvalue weighted by atomic mass is 19.1. The Labute approximate surface area is 121 Å². The third kappa shape index (κ3) is 2.82. The predicted octanol–water partition coefficient (Wildman–Crippen LogP) is 3.19. The van der Waals surface area contributed by atoms with Crippen molar-refractivity contribution in [3.63, 3.8) is 0 Å². The van der Waals surface area contributed by atoms with Crippen molar-refractivity contribution >= 4 is 16.9 Å². The lowest BCUT2D eigenvalue weighted by molar-refractivity contribution is 0.0681. The van der Waals surface area contributed by atoms with E-state index in [2.05, 4.69) is 0 Å². The van der Waals surface area contributed by atoms with Gasteiger partial charge in [0.1, 0.15) is 11.5 Å². The summed E-state index contributed by atoms with van der Waals surface area (Å²) in [6.07, 6.45) is 0. The van der Waals surface area contributed by atoms with Gasteiger partial charge >= 0.3 is 5.97 Å². The monoisotopic (exact) mass is 291 g/mol. The number of rotatable bonds is 2. The van der Waals surface area contributed by atoms with Crippen LogP contribution in [-0.4, -0.2) is 15.6 Å². The van der Waals surface area contributed by atoms with Gasteiger partial charge in [0.2, 0.25) is 0 Å². The lowest BCUT2D eigenvalue weighted by Gasteiger charge is -2.24. The third-order valence-corrected chi connectivity index (χ3v) is 3.29. The maximum atomic E-state index is 13.4. The average molecular weight is 291 g/mol. The molecule has 0 radical (unpaired) electrons. The summed E-state index contributed by atoms with van der Waals surface area (Å²) in [4.78, 5) is 23.8. The Morgan fingerprint density at radius 3 is 2.48 bits per heavy atom. The van der Waals surface area contributed by atoms with Crippen LogP contribution in [0.25, 0.3) is 10.9 Å². The van der Waals surface area contributed by atoms with Crippen LogP contribution in [0.2, 0.25) is 0 Å². The van der Waals surface area contributed by atoms with Crippen LogP contribution in [0.5, 0.6) is 0 Å². The third-order valence-electron chi connectivity index (χ3n) is 3.29. The Morgan fingerprint density at radius 1 is 1.33 bits per heavy atom. The highest BCUT2D eigenvalue weighted by Gasteiger charge is 2.22. The number of halogens is 1. The van der Waals surface area contributed by atoms with Gasteiger partial charge in [0.05, 0.1) is 5.52 Å². The van der Waals surface area contributed by atoms with Gasteiger partial charge < -0.3 is 9.67 Å². The van der Waals surface area contributed by atoms with E-state index in [0.717, 1.165) is 6.07 Å². The molecule has 5 heteroatoms. The van der Waals surface area contributed by atoms with Crippen molar-refractivity contribution < 1.29 is 14.3 Å². The van der Waals surface area contributed by atoms with Crippen LogP contribution in [-0.2, 0) is 6.54 Å². The molecule has 112 valence electrons. The highest BCUT2D eigenvalue weighted by Crippen LogP contribution is 2.24. The lowest BCUT2D eigenvalue weighted by Crippen LogP contribution is -2.26. The van der Waals surface area contributed by atoms with Crippen molar-refractivity contribution in [1.29, 1.82) is 0 Å². The molecule has 2 aromatic rings. The fourth-order valence-corrected chi connectivity index (χ4v) is 2.47. The largest absolute Gasteiger partial charge is 0.477 e. The van der Waals surface area contributed by atoms with Gasteiger partial charge in [-0.25, -0.2) is 9.18 Å². The molecule has 0 bridgehead atoms. The number of hydrogen-bond donors (Lipinski definition) is 1. The minimum Gasteiger partial charge on any atom is -0.477 e. The minimum absolute atomic E-state index is 0.0333. The van der Waals surface area contributed by atoms with Gasteiger partial charge in [0, 0.05) is 17.5 Å². The van der Waals surface area contributed by atoms with Crippen molar-refractivity contribution in [3.8, 4) is 0 Å². The molecule has 0 unspecified atom stereocenters. The number of fused-ring (bicyclic) bond motifs is 1. The first-order chi connectivity index (χ1) is 9.61. The Kier molecular flexibility index (Phi) is 3.61. The molecular formula is C16H18FNO3. The van der Waals surface area contributed by atoms with E-state index in [1.807, 2.05) is 20.8 Å². The number of benzene rings is 1. The quantitative estimate of drug-likeness (QED) is 0.924. The molecular weight excluding hydrogens is 273 g/mol. The molecule has 0 aliphatic rings. The van der Waals surface area contributed by atoms with Gasteiger partial charge in [-0.3, -0.25) is 4.79 Å². The van der Waals surface area contributed by atoms with E-state index in [9.17, 15) is 19.1 Å². The van der Waals surface area contributed by atoms with Crippen LogP contribution in [0.3, 0.4) is 0 Å². The molecule has 0 saturated heterocycles. The second kappa shape index (κ2) is 4.98. The first kappa shape index (κ1) is 15.2. The highest BCUT2D eigenvalue weighted by molar-refractivity contribution is 5.92. The van der Waals surface area contributed by atoms with E-state index < -0.39 is 17.2 Å². The summed E-state index contributed by atoms with van der Waals surface area (Å²) >= 11 is 0. The van der Waals surface area contributed by atoms with Crippen LogP contribution in [0.4, 0.5) is 4.39 Å². The first-order valence-corrected chi connectivity index (χ1v) is 6.68. The van der Waals surface area contributed by atoms with E-state index in [-0.39, 0.29) is 22.1 Å². The van der Waals surface area contributed by atoms with E-state index in [4.69, 9.17) is 0 Å². The minimum atomic E-state index is -1.15. The van der Waals surface area contributed by atoms with Crippen LogP contribution < -0.4 is 5.43 Å². The molecule has 1 aromatic carbocycles. The lowest BCUT2D eigenvalue weighted by atomic mass is 9.95. The standard InChI is InChI=1S/C16H18FNO3/c1-9-13(15(20)21)18(8-16(2,3)4)12-6-5-10(17)7-11(12)14(9)19/h5-7H,8H2,1-4H3,(H,20,21). The van der Waals surface area contributed by atoms with E-state index in [1.54, 1.807) is 4.57 Å². The number of aromatic nitrogens is 1. The topological polar surface area (TPSA) is 59.3 Å². The molecule has 1 heterocycles. The number of carboxylic acid groups (broad SMARTS) is 1. The molecule has 2 rings (SSSR count). The van der Waals surface area contributed by atoms with Gasteiger partial charge in [-0.1, -0.05) is 20.8 Å². The molecule has 0 fully saturated rings. The maximum Gasteiger partial charge on any atom is 0.352 e. The molecule has 21 heavy (non-hydrogen) atoms. The van der Waals surface area contributed by atoms with Crippen molar-refractivity contribution in [2.45, 2.75) is 34.2 Å². The maximum absolute atomic E-state index is 13.4. The zero-order valence-electron chi connectivity index (χ0n) is 12.5. The molecule has 1 N–H and O–H groups in total. The fraction of sp³-hybridized carbons (Fsp3) is 0.375. The summed E-state index contributed by atoms with van der Waals surface area (Å²) in [7, 11) is 0. The summed E-state index contributed by atoms with van der Waals surface area (Å²) in [6, 6.07) is 3.86. The zero-order chi connectivity index (χ0) is 15.9. The second-order valence-corrected chi connectivity index (χ2v) is 6.42. The van der Waals surface area contributed by atoms with Gasteiger partial charge in [0.15, 0.2) is 5.43 Å². The van der Waals surface area contributed by atoms with Crippen LogP contribution in [0.15, 0.2) is 23.0 Å². The molecule has 0 aliphatic heterocycles. The Hall–Kier alpha value is -2.17. The molecule has 1 aromatic heterocycles. The van der Waals surface area contributed by atoms with E-state index >= 15 is 0 Å². The van der Waals surface area contributed by atoms with Crippen LogP contribution >= 0.6 is 0 Å². The average Bonchev–Trinajstić information content (AvgIpc) is 2.33. The summed E-state index contributed by atoms with van der Waals surface area (Å²) < 4.78 is 15.0. The van der Waals surface area contributed by atoms with Crippen molar-refractivity contribution in [2.24, 2.45) is 5.41 Å². The Morgan fingerprint density at radius 2 is 1.95 bits per heavy atom. The summed E-state index contributed by atoms with van der Waals surface area (Å²) in [5, 5.41) is 9.66. The SMILES string of the molecule is Cc1c(C(=O)O)n(CC(C)(C)C)c2ccc(F)cc2c1=O. The number of carboxylic acids is 1. The van der Waals surface area contributed by atoms with Crippen molar-refractivity contribution in [3.05, 3.63) is 45.5 Å². The molecule has 0 saturated carbocycles. The summed E-state index contributed by atoms with van der Waals surface area (Å²) in [6.45, 7) is 7.80. The van der Waals surface area contributed by atoms with Crippen LogP contribution in [0.1, 0.15) is 36.8 Å². The zero-order valence-corrected chi connectivity index (χ0v) is 12.5. The Balaban J connectivity index is 2.96. The summed E-state index contributed by atoms with van der Waals surface area (Å²) in [5.74, 6) is -1.66. The number of hydrogen-bond acceptors (Lipinski definition) is 2. The van der Waals surface area contributed by atoms with Crippen molar-refractivity contribution in [1.82, 2.24) is 4.57 Å². The Bertz CT molecular complexity index is 785. The summed E-state index contributed by atoms with van der Waals surface area (Å²) in [5.41, 5.74) is -0.0854.